The minimum absolute atomic E-state index is 0.176. The van der Waals surface area contributed by atoms with Gasteiger partial charge in [0, 0.05) is 13.0 Å². The van der Waals surface area contributed by atoms with Crippen molar-refractivity contribution in [1.82, 2.24) is 4.72 Å². The number of ether oxygens (including phenoxy) is 2. The fourth-order valence-corrected chi connectivity index (χ4v) is 3.48. The Morgan fingerprint density at radius 3 is 2.59 bits per heavy atom. The smallest absolute Gasteiger partial charge is 0.240 e. The first-order valence-corrected chi connectivity index (χ1v) is 8.45. The molecule has 1 aliphatic heterocycles. The molecular formula is C16H17NO4S. The summed E-state index contributed by atoms with van der Waals surface area (Å²) in [5.74, 6) is 1.45. The second-order valence-electron chi connectivity index (χ2n) is 5.08. The molecule has 116 valence electrons. The number of hydrogen-bond donors (Lipinski definition) is 1. The summed E-state index contributed by atoms with van der Waals surface area (Å²) in [5, 5.41) is 0. The van der Waals surface area contributed by atoms with Crippen molar-refractivity contribution < 1.29 is 17.9 Å². The van der Waals surface area contributed by atoms with Crippen LogP contribution in [0.5, 0.6) is 11.5 Å². The predicted molar refractivity (Wildman–Crippen MR) is 82.7 cm³/mol. The highest BCUT2D eigenvalue weighted by Gasteiger charge is 2.24. The number of hydrogen-bond acceptors (Lipinski definition) is 4. The van der Waals surface area contributed by atoms with Crippen LogP contribution in [0, 0.1) is 0 Å². The Labute approximate surface area is 129 Å². The zero-order chi connectivity index (χ0) is 15.6. The van der Waals surface area contributed by atoms with E-state index in [4.69, 9.17) is 9.47 Å². The van der Waals surface area contributed by atoms with Gasteiger partial charge in [0.05, 0.1) is 12.0 Å². The molecule has 0 radical (unpaired) electrons. The first-order valence-electron chi connectivity index (χ1n) is 6.97. The van der Waals surface area contributed by atoms with Crippen molar-refractivity contribution in [3.05, 3.63) is 54.1 Å². The number of benzene rings is 2. The highest BCUT2D eigenvalue weighted by molar-refractivity contribution is 7.89. The average Bonchev–Trinajstić information content (AvgIpc) is 2.96. The number of sulfonamides is 1. The molecule has 0 aromatic heterocycles. The standard InChI is InChI=1S/C16H17NO4S/c1-20-13-6-8-15(9-7-13)22(18,19)17-11-14-10-12-4-2-3-5-16(12)21-14/h2-9,14,17H,10-11H2,1H3/t14-/m0/s1. The van der Waals surface area contributed by atoms with Gasteiger partial charge in [-0.05, 0) is 35.9 Å². The highest BCUT2D eigenvalue weighted by Crippen LogP contribution is 2.28. The van der Waals surface area contributed by atoms with Gasteiger partial charge in [0.2, 0.25) is 10.0 Å². The Kier molecular flexibility index (Phi) is 4.04. The first-order chi connectivity index (χ1) is 10.6. The Bertz CT molecular complexity index is 731. The van der Waals surface area contributed by atoms with Crippen LogP contribution in [0.3, 0.4) is 0 Å². The molecule has 0 aliphatic carbocycles. The van der Waals surface area contributed by atoms with Crippen LogP contribution >= 0.6 is 0 Å². The Morgan fingerprint density at radius 1 is 1.18 bits per heavy atom. The lowest BCUT2D eigenvalue weighted by molar-refractivity contribution is 0.236. The average molecular weight is 319 g/mol. The topological polar surface area (TPSA) is 64.6 Å². The van der Waals surface area contributed by atoms with Gasteiger partial charge in [-0.3, -0.25) is 0 Å². The van der Waals surface area contributed by atoms with Gasteiger partial charge in [0.25, 0.3) is 0 Å². The number of methoxy groups -OCH3 is 1. The molecule has 1 atom stereocenters. The van der Waals surface area contributed by atoms with Crippen LogP contribution in [0.25, 0.3) is 0 Å². The number of nitrogens with one attached hydrogen (secondary N) is 1. The maximum Gasteiger partial charge on any atom is 0.240 e. The third-order valence-electron chi connectivity index (χ3n) is 3.58. The summed E-state index contributed by atoms with van der Waals surface area (Å²) in [6.07, 6.45) is 0.534. The van der Waals surface area contributed by atoms with Gasteiger partial charge in [-0.15, -0.1) is 0 Å². The van der Waals surface area contributed by atoms with E-state index in [1.54, 1.807) is 12.1 Å². The van der Waals surface area contributed by atoms with Crippen molar-refractivity contribution in [2.45, 2.75) is 17.4 Å². The van der Waals surface area contributed by atoms with Crippen molar-refractivity contribution in [3.63, 3.8) is 0 Å². The van der Waals surface area contributed by atoms with Gasteiger partial charge in [-0.25, -0.2) is 13.1 Å². The molecule has 1 aliphatic rings. The molecule has 0 bridgehead atoms. The summed E-state index contributed by atoms with van der Waals surface area (Å²) < 4.78 is 37.9. The molecule has 0 saturated carbocycles. The maximum atomic E-state index is 12.3. The van der Waals surface area contributed by atoms with Gasteiger partial charge >= 0.3 is 0 Å². The van der Waals surface area contributed by atoms with Crippen LogP contribution in [-0.4, -0.2) is 28.2 Å². The first kappa shape index (κ1) is 14.9. The van der Waals surface area contributed by atoms with Gasteiger partial charge in [-0.1, -0.05) is 18.2 Å². The number of rotatable bonds is 5. The van der Waals surface area contributed by atoms with E-state index in [1.807, 2.05) is 24.3 Å². The second-order valence-corrected chi connectivity index (χ2v) is 6.85. The maximum absolute atomic E-state index is 12.3. The predicted octanol–water partition coefficient (Wildman–Crippen LogP) is 1.98. The molecule has 0 unspecified atom stereocenters. The highest BCUT2D eigenvalue weighted by atomic mass is 32.2. The molecule has 5 nitrogen and oxygen atoms in total. The molecule has 3 rings (SSSR count). The van der Waals surface area contributed by atoms with E-state index in [-0.39, 0.29) is 17.5 Å². The molecule has 2 aromatic rings. The lowest BCUT2D eigenvalue weighted by Crippen LogP contribution is -2.34. The fraction of sp³-hybridized carbons (Fsp3) is 0.250. The minimum Gasteiger partial charge on any atom is -0.497 e. The third-order valence-corrected chi connectivity index (χ3v) is 5.02. The van der Waals surface area contributed by atoms with Crippen molar-refractivity contribution in [2.24, 2.45) is 0 Å². The SMILES string of the molecule is COc1ccc(S(=O)(=O)NC[C@@H]2Cc3ccccc3O2)cc1. The van der Waals surface area contributed by atoms with Gasteiger partial charge < -0.3 is 9.47 Å². The summed E-state index contributed by atoms with van der Waals surface area (Å²) in [6, 6.07) is 14.0. The second kappa shape index (κ2) is 5.98. The molecule has 0 fully saturated rings. The van der Waals surface area contributed by atoms with Gasteiger partial charge in [0.1, 0.15) is 17.6 Å². The zero-order valence-corrected chi connectivity index (χ0v) is 13.0. The summed E-state index contributed by atoms with van der Waals surface area (Å²) in [7, 11) is -2.01. The quantitative estimate of drug-likeness (QED) is 0.915. The number of fused-ring (bicyclic) bond motifs is 1. The van der Waals surface area contributed by atoms with Gasteiger partial charge in [0.15, 0.2) is 0 Å². The lowest BCUT2D eigenvalue weighted by Gasteiger charge is -2.12. The van der Waals surface area contributed by atoms with Crippen molar-refractivity contribution >= 4 is 10.0 Å². The lowest BCUT2D eigenvalue weighted by atomic mass is 10.1. The van der Waals surface area contributed by atoms with Crippen molar-refractivity contribution in [2.75, 3.05) is 13.7 Å². The molecule has 0 spiro atoms. The van der Waals surface area contributed by atoms with Crippen molar-refractivity contribution in [3.8, 4) is 11.5 Å². The molecular weight excluding hydrogens is 302 g/mol. The fourth-order valence-electron chi connectivity index (χ4n) is 2.41. The molecule has 0 amide bonds. The van der Waals surface area contributed by atoms with Gasteiger partial charge in [-0.2, -0.15) is 0 Å². The van der Waals surface area contributed by atoms with Crippen LogP contribution in [0.15, 0.2) is 53.4 Å². The monoisotopic (exact) mass is 319 g/mol. The molecule has 1 N–H and O–H groups in total. The summed E-state index contributed by atoms with van der Waals surface area (Å²) >= 11 is 0. The van der Waals surface area contributed by atoms with E-state index in [9.17, 15) is 8.42 Å². The third kappa shape index (κ3) is 3.08. The summed E-state index contributed by atoms with van der Waals surface area (Å²) in [6.45, 7) is 0.239. The molecule has 1 heterocycles. The largest absolute Gasteiger partial charge is 0.497 e. The van der Waals surface area contributed by atoms with E-state index in [2.05, 4.69) is 4.72 Å². The summed E-state index contributed by atoms with van der Waals surface area (Å²) in [5.41, 5.74) is 1.11. The zero-order valence-electron chi connectivity index (χ0n) is 12.2. The van der Waals surface area contributed by atoms with E-state index in [0.717, 1.165) is 11.3 Å². The Balaban J connectivity index is 1.63. The van der Waals surface area contributed by atoms with Crippen LogP contribution in [0.2, 0.25) is 0 Å². The normalized spacial score (nSPS) is 16.9. The molecule has 2 aromatic carbocycles. The molecule has 6 heteroatoms. The van der Waals surface area contributed by atoms with E-state index >= 15 is 0 Å². The van der Waals surface area contributed by atoms with Crippen LogP contribution in [0.1, 0.15) is 5.56 Å². The summed E-state index contributed by atoms with van der Waals surface area (Å²) in [4.78, 5) is 0.212. The van der Waals surface area contributed by atoms with E-state index in [0.29, 0.717) is 12.2 Å². The van der Waals surface area contributed by atoms with E-state index < -0.39 is 10.0 Å². The number of para-hydroxylation sites is 1. The van der Waals surface area contributed by atoms with E-state index in [1.165, 1.54) is 19.2 Å². The van der Waals surface area contributed by atoms with Crippen LogP contribution in [0.4, 0.5) is 0 Å². The minimum atomic E-state index is -3.55. The molecule has 22 heavy (non-hydrogen) atoms. The van der Waals surface area contributed by atoms with Crippen molar-refractivity contribution in [1.29, 1.82) is 0 Å². The molecule has 0 saturated heterocycles. The van der Waals surface area contributed by atoms with Crippen LogP contribution < -0.4 is 14.2 Å². The Hall–Kier alpha value is -2.05. The Morgan fingerprint density at radius 2 is 1.91 bits per heavy atom. The van der Waals surface area contributed by atoms with Crippen LogP contribution in [-0.2, 0) is 16.4 Å².